The number of rotatable bonds is 4. The number of furan rings is 1. The van der Waals surface area contributed by atoms with Crippen LogP contribution in [0.3, 0.4) is 0 Å². The predicted molar refractivity (Wildman–Crippen MR) is 347 cm³/mol. The van der Waals surface area contributed by atoms with E-state index in [2.05, 4.69) is 269 Å². The molecule has 15 aromatic carbocycles. The fraction of sp³-hybridized carbons (Fsp3) is 0.0750. The van der Waals surface area contributed by atoms with Crippen LogP contribution in [-0.4, -0.2) is 4.57 Å². The van der Waals surface area contributed by atoms with Gasteiger partial charge in [-0.3, -0.25) is 0 Å². The molecule has 0 spiro atoms. The normalized spacial score (nSPS) is 14.3. The highest BCUT2D eigenvalue weighted by Crippen LogP contribution is 2.55. The molecule has 0 saturated heterocycles. The van der Waals surface area contributed by atoms with Crippen LogP contribution in [0.25, 0.3) is 170 Å². The maximum Gasteiger partial charge on any atom is 0.136 e. The topological polar surface area (TPSA) is 18.1 Å². The second kappa shape index (κ2) is 15.5. The van der Waals surface area contributed by atoms with Crippen LogP contribution in [0.2, 0.25) is 0 Å². The maximum absolute atomic E-state index is 6.78. The number of hydrogen-bond donors (Lipinski definition) is 0. The van der Waals surface area contributed by atoms with E-state index >= 15 is 0 Å². The Morgan fingerprint density at radius 1 is 0.268 bits per heavy atom. The summed E-state index contributed by atoms with van der Waals surface area (Å²) in [5.41, 5.74) is 23.2. The Hall–Kier alpha value is -10.0. The zero-order chi connectivity index (χ0) is 54.1. The van der Waals surface area contributed by atoms with Crippen LogP contribution in [-0.2, 0) is 10.8 Å². The molecule has 82 heavy (non-hydrogen) atoms. The van der Waals surface area contributed by atoms with Gasteiger partial charge < -0.3 is 8.98 Å². The van der Waals surface area contributed by atoms with Gasteiger partial charge in [0, 0.05) is 38.1 Å². The molecule has 0 N–H and O–H groups in total. The molecule has 2 aliphatic rings. The van der Waals surface area contributed by atoms with Crippen molar-refractivity contribution in [3.63, 3.8) is 0 Å². The van der Waals surface area contributed by atoms with Crippen LogP contribution in [0.4, 0.5) is 0 Å². The third kappa shape index (κ3) is 5.73. The minimum absolute atomic E-state index is 0.0721. The summed E-state index contributed by atoms with van der Waals surface area (Å²) in [6.07, 6.45) is 0. The quantitative estimate of drug-likeness (QED) is 0.161. The van der Waals surface area contributed by atoms with Crippen molar-refractivity contribution in [1.82, 2.24) is 4.57 Å². The summed E-state index contributed by atoms with van der Waals surface area (Å²) in [4.78, 5) is 0. The highest BCUT2D eigenvalue weighted by atomic mass is 16.3. The first kappa shape index (κ1) is 44.8. The zero-order valence-corrected chi connectivity index (χ0v) is 45.9. The lowest BCUT2D eigenvalue weighted by Crippen LogP contribution is -2.15. The Morgan fingerprint density at radius 2 is 0.780 bits per heavy atom. The average Bonchev–Trinajstić information content (AvgIpc) is 3.50. The molecule has 2 heterocycles. The van der Waals surface area contributed by atoms with Crippen molar-refractivity contribution in [2.24, 2.45) is 0 Å². The SMILES string of the molecule is CC1(C)c2ccccc2-c2cc3oc4cc(-c5ccc6cc(-c7ccc8c(c7)C(C)(C)c7cc9c(cc7-8)c7ccc(-c8ccc%10ccc%11cccc%12ccc8c%10c%11%12)cc7n9-c7ccccc7)c7cccc8ccc5c6c87)ccc4c3cc21. The predicted octanol–water partition coefficient (Wildman–Crippen LogP) is 22.1. The number of aromatic nitrogens is 1. The second-order valence-electron chi connectivity index (χ2n) is 24.7. The van der Waals surface area contributed by atoms with Crippen LogP contribution in [0.1, 0.15) is 49.9 Å². The fourth-order valence-corrected chi connectivity index (χ4v) is 15.9. The molecule has 382 valence electrons. The molecule has 0 atom stereocenters. The molecule has 2 aromatic heterocycles. The van der Waals surface area contributed by atoms with E-state index in [1.807, 2.05) is 0 Å². The van der Waals surface area contributed by atoms with Crippen LogP contribution < -0.4 is 0 Å². The smallest absolute Gasteiger partial charge is 0.136 e. The monoisotopic (exact) mass is 1040 g/mol. The number of hydrogen-bond acceptors (Lipinski definition) is 1. The summed E-state index contributed by atoms with van der Waals surface area (Å²) in [6, 6.07) is 89.9. The summed E-state index contributed by atoms with van der Waals surface area (Å²) in [5, 5.41) is 20.4. The van der Waals surface area contributed by atoms with Crippen molar-refractivity contribution in [3.05, 3.63) is 259 Å². The molecule has 17 aromatic rings. The molecular formula is C80H51NO. The Morgan fingerprint density at radius 3 is 1.59 bits per heavy atom. The van der Waals surface area contributed by atoms with E-state index < -0.39 is 0 Å². The van der Waals surface area contributed by atoms with Gasteiger partial charge in [-0.15, -0.1) is 0 Å². The third-order valence-corrected chi connectivity index (χ3v) is 19.9. The van der Waals surface area contributed by atoms with Gasteiger partial charge in [-0.05, 0) is 209 Å². The first-order valence-electron chi connectivity index (χ1n) is 29.0. The average molecular weight is 1040 g/mol. The van der Waals surface area contributed by atoms with Crippen molar-refractivity contribution in [3.8, 4) is 61.3 Å². The van der Waals surface area contributed by atoms with E-state index in [1.54, 1.807) is 0 Å². The largest absolute Gasteiger partial charge is 0.456 e. The molecule has 19 rings (SSSR count). The molecule has 0 radical (unpaired) electrons. The van der Waals surface area contributed by atoms with E-state index in [0.717, 1.165) is 27.8 Å². The van der Waals surface area contributed by atoms with Gasteiger partial charge in [0.1, 0.15) is 11.2 Å². The Balaban J connectivity index is 0.732. The molecule has 0 bridgehead atoms. The standard InChI is InChI=1S/C80H51NO/c1-79(2)67-19-9-8-17-55(67)64-42-74-66(41-69(64)79)58-33-27-50(39-73(58)82-74)54-30-28-51-36-62(59-18-11-14-46-24-35-61(54)78(51)77(46)59)48-25-31-56-63-40-65-57-32-26-49(53-29-22-47-21-20-44-12-10-13-45-23-34-60(53)76(47)75(44)45)38-71(57)81(52-15-6-5-7-16-52)72(65)43-70(63)80(3,4)68(56)37-48/h5-43H,1-4H3. The Labute approximate surface area is 473 Å². The molecule has 2 nitrogen and oxygen atoms in total. The van der Waals surface area contributed by atoms with Crippen molar-refractivity contribution in [1.29, 1.82) is 0 Å². The first-order valence-corrected chi connectivity index (χ1v) is 29.0. The molecule has 2 heteroatoms. The lowest BCUT2D eigenvalue weighted by molar-refractivity contribution is 0.658. The summed E-state index contributed by atoms with van der Waals surface area (Å²) >= 11 is 0. The van der Waals surface area contributed by atoms with Crippen LogP contribution >= 0.6 is 0 Å². The van der Waals surface area contributed by atoms with Crippen molar-refractivity contribution in [2.45, 2.75) is 38.5 Å². The molecular weight excluding hydrogens is 991 g/mol. The van der Waals surface area contributed by atoms with Gasteiger partial charge in [0.05, 0.1) is 11.0 Å². The van der Waals surface area contributed by atoms with Gasteiger partial charge in [0.25, 0.3) is 0 Å². The lowest BCUT2D eigenvalue weighted by atomic mass is 9.80. The first-order chi connectivity index (χ1) is 40.1. The van der Waals surface area contributed by atoms with Crippen molar-refractivity contribution in [2.75, 3.05) is 0 Å². The highest BCUT2D eigenvalue weighted by molar-refractivity contribution is 6.29. The lowest BCUT2D eigenvalue weighted by Gasteiger charge is -2.23. The highest BCUT2D eigenvalue weighted by Gasteiger charge is 2.38. The fourth-order valence-electron chi connectivity index (χ4n) is 15.9. The van der Waals surface area contributed by atoms with Crippen molar-refractivity contribution >= 4 is 108 Å². The Kier molecular flexibility index (Phi) is 8.44. The minimum Gasteiger partial charge on any atom is -0.456 e. The number of nitrogens with zero attached hydrogens (tertiary/aromatic N) is 1. The third-order valence-electron chi connectivity index (χ3n) is 19.9. The van der Waals surface area contributed by atoms with Gasteiger partial charge in [-0.25, -0.2) is 0 Å². The summed E-state index contributed by atoms with van der Waals surface area (Å²) in [7, 11) is 0. The maximum atomic E-state index is 6.78. The van der Waals surface area contributed by atoms with Crippen LogP contribution in [0, 0.1) is 0 Å². The molecule has 0 fully saturated rings. The van der Waals surface area contributed by atoms with Gasteiger partial charge in [-0.1, -0.05) is 198 Å². The molecule has 0 aliphatic heterocycles. The van der Waals surface area contributed by atoms with E-state index in [-0.39, 0.29) is 10.8 Å². The minimum atomic E-state index is -0.253. The molecule has 2 aliphatic carbocycles. The summed E-state index contributed by atoms with van der Waals surface area (Å²) < 4.78 is 9.29. The van der Waals surface area contributed by atoms with Crippen molar-refractivity contribution < 1.29 is 4.42 Å². The number of para-hydroxylation sites is 1. The molecule has 0 unspecified atom stereocenters. The zero-order valence-electron chi connectivity index (χ0n) is 45.9. The van der Waals surface area contributed by atoms with Crippen LogP contribution in [0.15, 0.2) is 241 Å². The van der Waals surface area contributed by atoms with E-state index in [0.29, 0.717) is 0 Å². The van der Waals surface area contributed by atoms with Gasteiger partial charge in [0.2, 0.25) is 0 Å². The van der Waals surface area contributed by atoms with E-state index in [4.69, 9.17) is 4.42 Å². The summed E-state index contributed by atoms with van der Waals surface area (Å²) in [6.45, 7) is 9.55. The van der Waals surface area contributed by atoms with Crippen LogP contribution in [0.5, 0.6) is 0 Å². The van der Waals surface area contributed by atoms with E-state index in [1.165, 1.54) is 164 Å². The number of benzene rings is 15. The van der Waals surface area contributed by atoms with Gasteiger partial charge >= 0.3 is 0 Å². The van der Waals surface area contributed by atoms with E-state index in [9.17, 15) is 0 Å². The number of fused-ring (bicyclic) bond motifs is 12. The van der Waals surface area contributed by atoms with Gasteiger partial charge in [0.15, 0.2) is 0 Å². The van der Waals surface area contributed by atoms with Gasteiger partial charge in [-0.2, -0.15) is 0 Å². The second-order valence-corrected chi connectivity index (χ2v) is 24.7. The summed E-state index contributed by atoms with van der Waals surface area (Å²) in [5.74, 6) is 0. The molecule has 0 saturated carbocycles. The molecule has 0 amide bonds. The Bertz CT molecular complexity index is 5670.